The average Bonchev–Trinajstić information content (AvgIpc) is 3.21. The smallest absolute Gasteiger partial charge is 0.254 e. The molecule has 1 atom stereocenters. The zero-order chi connectivity index (χ0) is 21.2. The van der Waals surface area contributed by atoms with Gasteiger partial charge in [-0.3, -0.25) is 4.79 Å². The number of para-hydroxylation sites is 1. The van der Waals surface area contributed by atoms with Crippen molar-refractivity contribution in [3.63, 3.8) is 0 Å². The van der Waals surface area contributed by atoms with Gasteiger partial charge in [0.05, 0.1) is 6.04 Å². The Kier molecular flexibility index (Phi) is 6.97. The molecule has 3 aromatic rings. The van der Waals surface area contributed by atoms with Crippen LogP contribution in [0.4, 0.5) is 5.82 Å². The van der Waals surface area contributed by atoms with Crippen molar-refractivity contribution in [2.24, 2.45) is 11.7 Å². The Balaban J connectivity index is 0.00000245. The molecule has 0 bridgehead atoms. The number of primary amides is 1. The number of piperidine rings is 1. The summed E-state index contributed by atoms with van der Waals surface area (Å²) in [6.07, 6.45) is 3.12. The summed E-state index contributed by atoms with van der Waals surface area (Å²) in [6, 6.07) is 17.5. The molecule has 1 fully saturated rings. The third-order valence-corrected chi connectivity index (χ3v) is 6.17. The molecule has 5 rings (SSSR count). The van der Waals surface area contributed by atoms with E-state index in [1.807, 2.05) is 59.3 Å². The second kappa shape index (κ2) is 9.88. The van der Waals surface area contributed by atoms with Crippen LogP contribution in [0.25, 0.3) is 16.6 Å². The van der Waals surface area contributed by atoms with Gasteiger partial charge >= 0.3 is 0 Å². The van der Waals surface area contributed by atoms with Crippen molar-refractivity contribution in [2.75, 3.05) is 25.0 Å². The number of amides is 1. The van der Waals surface area contributed by atoms with Gasteiger partial charge in [-0.2, -0.15) is 5.10 Å². The van der Waals surface area contributed by atoms with E-state index in [2.05, 4.69) is 10.6 Å². The van der Waals surface area contributed by atoms with E-state index in [1.165, 1.54) is 0 Å². The number of carbonyl (C=O) groups is 1. The van der Waals surface area contributed by atoms with Gasteiger partial charge in [0.15, 0.2) is 0 Å². The Morgan fingerprint density at radius 2 is 1.72 bits per heavy atom. The fourth-order valence-electron chi connectivity index (χ4n) is 4.64. The molecule has 0 spiro atoms. The standard InChI is InChI=1S/C24H26N5O2.W/c25-23(30)21-22(17-6-8-19(9-7-17)31-18-4-2-1-3-5-18)28-29-20(12-15-27-24(21)29)16-10-13-26-14-11-16;/h1-9,16,20,27H,10-15H2,(H2,25,30);/q-1;/t20-;/m0./s1. The van der Waals surface area contributed by atoms with Crippen molar-refractivity contribution < 1.29 is 30.6 Å². The average molecular weight is 600 g/mol. The van der Waals surface area contributed by atoms with Gasteiger partial charge in [-0.05, 0) is 48.7 Å². The van der Waals surface area contributed by atoms with Crippen LogP contribution < -0.4 is 15.8 Å². The van der Waals surface area contributed by atoms with Crippen LogP contribution in [0.2, 0.25) is 0 Å². The van der Waals surface area contributed by atoms with Gasteiger partial charge in [0, 0.05) is 33.2 Å². The Bertz CT molecular complexity index is 1060. The second-order valence-electron chi connectivity index (χ2n) is 8.11. The Morgan fingerprint density at radius 3 is 2.41 bits per heavy atom. The minimum Gasteiger partial charge on any atom is -0.662 e. The first-order valence-electron chi connectivity index (χ1n) is 10.8. The fraction of sp³-hybridized carbons (Fsp3) is 0.333. The third kappa shape index (κ3) is 4.45. The number of nitrogens with one attached hydrogen (secondary N) is 1. The molecule has 3 N–H and O–H groups in total. The van der Waals surface area contributed by atoms with E-state index in [-0.39, 0.29) is 27.1 Å². The number of ether oxygens (including phenoxy) is 1. The van der Waals surface area contributed by atoms with E-state index >= 15 is 0 Å². The number of rotatable bonds is 5. The topological polar surface area (TPSA) is 96.3 Å². The number of benzene rings is 2. The molecule has 2 aliphatic heterocycles. The van der Waals surface area contributed by atoms with Crippen LogP contribution >= 0.6 is 0 Å². The first-order chi connectivity index (χ1) is 15.2. The summed E-state index contributed by atoms with van der Waals surface area (Å²) in [4.78, 5) is 12.4. The maximum absolute atomic E-state index is 12.4. The summed E-state index contributed by atoms with van der Waals surface area (Å²) in [5.41, 5.74) is 7.73. The number of nitrogens with zero attached hydrogens (tertiary/aromatic N) is 3. The molecule has 1 amide bonds. The number of nitrogens with two attached hydrogens (primary N) is 1. The Morgan fingerprint density at radius 1 is 1.03 bits per heavy atom. The second-order valence-corrected chi connectivity index (χ2v) is 8.11. The first kappa shape index (κ1) is 22.6. The molecule has 8 heteroatoms. The van der Waals surface area contributed by atoms with E-state index < -0.39 is 5.91 Å². The molecule has 0 radical (unpaired) electrons. The molecule has 0 saturated carbocycles. The van der Waals surface area contributed by atoms with Crippen LogP contribution in [0.15, 0.2) is 54.6 Å². The number of fused-ring (bicyclic) bond motifs is 1. The molecule has 2 aromatic carbocycles. The summed E-state index contributed by atoms with van der Waals surface area (Å²) in [6.45, 7) is 2.63. The summed E-state index contributed by atoms with van der Waals surface area (Å²) in [7, 11) is 0. The summed E-state index contributed by atoms with van der Waals surface area (Å²) in [5.74, 6) is 2.30. The van der Waals surface area contributed by atoms with Crippen LogP contribution in [0.5, 0.6) is 11.5 Å². The zero-order valence-corrected chi connectivity index (χ0v) is 20.7. The normalized spacial score (nSPS) is 18.2. The van der Waals surface area contributed by atoms with Gasteiger partial charge in [0.25, 0.3) is 5.91 Å². The molecule has 7 nitrogen and oxygen atoms in total. The molecule has 32 heavy (non-hydrogen) atoms. The molecule has 0 unspecified atom stereocenters. The van der Waals surface area contributed by atoms with Crippen molar-refractivity contribution in [1.29, 1.82) is 0 Å². The maximum Gasteiger partial charge on any atom is 0.254 e. The Labute approximate surface area is 202 Å². The predicted octanol–water partition coefficient (Wildman–Crippen LogP) is 4.58. The monoisotopic (exact) mass is 600 g/mol. The molecule has 1 aromatic heterocycles. The first-order valence-corrected chi connectivity index (χ1v) is 10.8. The van der Waals surface area contributed by atoms with E-state index in [0.29, 0.717) is 17.2 Å². The largest absolute Gasteiger partial charge is 0.662 e. The van der Waals surface area contributed by atoms with Crippen LogP contribution in [-0.4, -0.2) is 35.3 Å². The van der Waals surface area contributed by atoms with E-state index in [9.17, 15) is 4.79 Å². The number of carbonyl (C=O) groups excluding carboxylic acids is 1. The molecule has 166 valence electrons. The number of aromatic nitrogens is 2. The number of hydrogen-bond donors (Lipinski definition) is 2. The minimum atomic E-state index is -0.465. The number of anilines is 1. The molecular weight excluding hydrogens is 574 g/mol. The van der Waals surface area contributed by atoms with Gasteiger partial charge in [0.1, 0.15) is 28.6 Å². The van der Waals surface area contributed by atoms with Crippen LogP contribution in [-0.2, 0) is 21.1 Å². The third-order valence-electron chi connectivity index (χ3n) is 6.17. The van der Waals surface area contributed by atoms with Crippen molar-refractivity contribution >= 4 is 11.7 Å². The van der Waals surface area contributed by atoms with Gasteiger partial charge in [-0.15, -0.1) is 13.1 Å². The van der Waals surface area contributed by atoms with E-state index in [0.717, 1.165) is 61.8 Å². The SMILES string of the molecule is NC(=O)c1c(-c2ccc(Oc3ccccc3)cc2)nn2c1NCC[C@H]2C1CC[N-]CC1.[W]. The summed E-state index contributed by atoms with van der Waals surface area (Å²) < 4.78 is 7.89. The maximum atomic E-state index is 12.4. The molecule has 2 aliphatic rings. The summed E-state index contributed by atoms with van der Waals surface area (Å²) >= 11 is 0. The van der Waals surface area contributed by atoms with E-state index in [4.69, 9.17) is 15.6 Å². The summed E-state index contributed by atoms with van der Waals surface area (Å²) in [5, 5.41) is 12.7. The minimum absolute atomic E-state index is 0. The quantitative estimate of drug-likeness (QED) is 0.449. The van der Waals surface area contributed by atoms with Crippen molar-refractivity contribution in [3.05, 3.63) is 65.5 Å². The molecular formula is C24H26N5O2W-. The van der Waals surface area contributed by atoms with Gasteiger partial charge < -0.3 is 21.1 Å². The number of hydrogen-bond acceptors (Lipinski definition) is 4. The van der Waals surface area contributed by atoms with Crippen LogP contribution in [0.3, 0.4) is 0 Å². The zero-order valence-electron chi connectivity index (χ0n) is 17.7. The van der Waals surface area contributed by atoms with E-state index in [1.54, 1.807) is 0 Å². The van der Waals surface area contributed by atoms with Gasteiger partial charge in [0.2, 0.25) is 0 Å². The molecule has 0 aliphatic carbocycles. The molecule has 3 heterocycles. The van der Waals surface area contributed by atoms with Crippen LogP contribution in [0, 0.1) is 5.92 Å². The van der Waals surface area contributed by atoms with Crippen LogP contribution in [0.1, 0.15) is 35.7 Å². The fourth-order valence-corrected chi connectivity index (χ4v) is 4.64. The van der Waals surface area contributed by atoms with Crippen molar-refractivity contribution in [1.82, 2.24) is 9.78 Å². The molecule has 1 saturated heterocycles. The predicted molar refractivity (Wildman–Crippen MR) is 121 cm³/mol. The van der Waals surface area contributed by atoms with Gasteiger partial charge in [-0.25, -0.2) is 4.68 Å². The Hall–Kier alpha value is -2.63. The van der Waals surface area contributed by atoms with Crippen molar-refractivity contribution in [3.8, 4) is 22.8 Å². The van der Waals surface area contributed by atoms with Crippen molar-refractivity contribution in [2.45, 2.75) is 25.3 Å². The van der Waals surface area contributed by atoms with Gasteiger partial charge in [-0.1, -0.05) is 31.0 Å².